The Labute approximate surface area is 119 Å². The van der Waals surface area contributed by atoms with Crippen molar-refractivity contribution in [2.45, 2.75) is 50.6 Å². The molecule has 1 aliphatic carbocycles. The van der Waals surface area contributed by atoms with Crippen molar-refractivity contribution in [3.63, 3.8) is 0 Å². The third-order valence-corrected chi connectivity index (χ3v) is 4.43. The van der Waals surface area contributed by atoms with Crippen LogP contribution in [0.15, 0.2) is 0 Å². The number of piperidine rings is 1. The fourth-order valence-electron chi connectivity index (χ4n) is 3.45. The number of nitrogens with one attached hydrogen (secondary N) is 1. The van der Waals surface area contributed by atoms with Gasteiger partial charge in [0.15, 0.2) is 6.04 Å². The Balaban J connectivity index is 1.97. The number of carbonyl (C=O) groups is 2. The fourth-order valence-corrected chi connectivity index (χ4v) is 3.45. The van der Waals surface area contributed by atoms with E-state index in [0.717, 1.165) is 25.8 Å². The highest BCUT2D eigenvalue weighted by atomic mass is 16.5. The van der Waals surface area contributed by atoms with Gasteiger partial charge in [0, 0.05) is 19.7 Å². The van der Waals surface area contributed by atoms with Gasteiger partial charge in [-0.15, -0.1) is 0 Å². The zero-order chi connectivity index (χ0) is 14.5. The van der Waals surface area contributed by atoms with E-state index in [0.29, 0.717) is 5.92 Å². The fraction of sp³-hybridized carbons (Fsp3) is 0.857. The lowest BCUT2D eigenvalue weighted by Crippen LogP contribution is -2.56. The highest BCUT2D eigenvalue weighted by Crippen LogP contribution is 2.35. The number of carbonyl (C=O) groups excluding carboxylic acids is 1. The molecule has 2 aliphatic rings. The summed E-state index contributed by atoms with van der Waals surface area (Å²) >= 11 is 0. The highest BCUT2D eigenvalue weighted by Gasteiger charge is 2.36. The first-order valence-electron chi connectivity index (χ1n) is 7.42. The van der Waals surface area contributed by atoms with Crippen molar-refractivity contribution in [3.05, 3.63) is 0 Å². The first-order valence-corrected chi connectivity index (χ1v) is 7.42. The Hall–Kier alpha value is -1.30. The third kappa shape index (κ3) is 3.42. The number of ether oxygens (including phenoxy) is 1. The largest absolute Gasteiger partial charge is 0.480 e. The van der Waals surface area contributed by atoms with E-state index < -0.39 is 12.0 Å². The van der Waals surface area contributed by atoms with Crippen LogP contribution in [0, 0.1) is 5.92 Å². The number of carboxylic acid groups (broad SMARTS) is 1. The molecule has 2 fully saturated rings. The lowest BCUT2D eigenvalue weighted by atomic mass is 9.78. The second-order valence-electron chi connectivity index (χ2n) is 5.74. The Morgan fingerprint density at radius 1 is 1.30 bits per heavy atom. The van der Waals surface area contributed by atoms with E-state index in [1.54, 1.807) is 0 Å². The van der Waals surface area contributed by atoms with E-state index in [1.807, 2.05) is 4.90 Å². The smallest absolute Gasteiger partial charge is 0.328 e. The first-order chi connectivity index (χ1) is 9.63. The van der Waals surface area contributed by atoms with Gasteiger partial charge in [0.05, 0.1) is 6.61 Å². The molecule has 2 amide bonds. The van der Waals surface area contributed by atoms with E-state index in [1.165, 1.54) is 26.4 Å². The molecule has 0 aromatic heterocycles. The topological polar surface area (TPSA) is 78.9 Å². The number of hydrogen-bond donors (Lipinski definition) is 2. The summed E-state index contributed by atoms with van der Waals surface area (Å²) in [7, 11) is 1.43. The minimum atomic E-state index is -1.06. The number of rotatable bonds is 4. The number of methoxy groups -OCH3 is 1. The van der Waals surface area contributed by atoms with Crippen LogP contribution >= 0.6 is 0 Å². The molecule has 6 nitrogen and oxygen atoms in total. The van der Waals surface area contributed by atoms with Gasteiger partial charge in [-0.2, -0.15) is 0 Å². The van der Waals surface area contributed by atoms with Crippen LogP contribution in [0.3, 0.4) is 0 Å². The van der Waals surface area contributed by atoms with Gasteiger partial charge >= 0.3 is 12.0 Å². The van der Waals surface area contributed by atoms with Gasteiger partial charge in [-0.05, 0) is 31.6 Å². The van der Waals surface area contributed by atoms with Crippen molar-refractivity contribution < 1.29 is 19.4 Å². The van der Waals surface area contributed by atoms with E-state index in [2.05, 4.69) is 5.32 Å². The lowest BCUT2D eigenvalue weighted by molar-refractivity contribution is -0.140. The summed E-state index contributed by atoms with van der Waals surface area (Å²) in [5.74, 6) is -0.466. The molecule has 1 saturated heterocycles. The number of urea groups is 1. The number of hydrogen-bond acceptors (Lipinski definition) is 3. The summed E-state index contributed by atoms with van der Waals surface area (Å²) in [5.41, 5.74) is 0. The molecule has 6 heteroatoms. The standard InChI is InChI=1S/C14H24N2O4/c1-20-9-11(13(17)18)15-14(19)16-8-4-6-10-5-2-3-7-12(10)16/h10-12H,2-9H2,1H3,(H,15,19)(H,17,18). The molecule has 0 spiro atoms. The molecule has 0 bridgehead atoms. The predicted octanol–water partition coefficient (Wildman–Crippen LogP) is 1.45. The number of aliphatic carboxylic acids is 1. The van der Waals surface area contributed by atoms with E-state index in [4.69, 9.17) is 9.84 Å². The van der Waals surface area contributed by atoms with Crippen molar-refractivity contribution in [2.75, 3.05) is 20.3 Å². The van der Waals surface area contributed by atoms with Crippen LogP contribution in [0.1, 0.15) is 38.5 Å². The summed E-state index contributed by atoms with van der Waals surface area (Å²) in [4.78, 5) is 25.3. The van der Waals surface area contributed by atoms with Crippen molar-refractivity contribution in [2.24, 2.45) is 5.92 Å². The van der Waals surface area contributed by atoms with Gasteiger partial charge in [0.25, 0.3) is 0 Å². The number of nitrogens with zero attached hydrogens (tertiary/aromatic N) is 1. The molecule has 1 aliphatic heterocycles. The minimum Gasteiger partial charge on any atom is -0.480 e. The Morgan fingerprint density at radius 2 is 2.00 bits per heavy atom. The van der Waals surface area contributed by atoms with Crippen LogP contribution in [-0.2, 0) is 9.53 Å². The van der Waals surface area contributed by atoms with Crippen LogP contribution in [0.25, 0.3) is 0 Å². The van der Waals surface area contributed by atoms with Crippen LogP contribution in [0.5, 0.6) is 0 Å². The summed E-state index contributed by atoms with van der Waals surface area (Å²) in [6, 6.07) is -0.947. The van der Waals surface area contributed by atoms with Crippen LogP contribution in [-0.4, -0.2) is 54.4 Å². The van der Waals surface area contributed by atoms with Gasteiger partial charge in [-0.3, -0.25) is 0 Å². The van der Waals surface area contributed by atoms with Crippen LogP contribution in [0.2, 0.25) is 0 Å². The molecule has 20 heavy (non-hydrogen) atoms. The normalized spacial score (nSPS) is 27.6. The maximum absolute atomic E-state index is 12.3. The monoisotopic (exact) mass is 284 g/mol. The Bertz CT molecular complexity index is 359. The number of likely N-dealkylation sites (tertiary alicyclic amines) is 1. The Morgan fingerprint density at radius 3 is 2.70 bits per heavy atom. The summed E-state index contributed by atoms with van der Waals surface area (Å²) in [6.07, 6.45) is 6.84. The second-order valence-corrected chi connectivity index (χ2v) is 5.74. The predicted molar refractivity (Wildman–Crippen MR) is 73.5 cm³/mol. The van der Waals surface area contributed by atoms with Crippen LogP contribution < -0.4 is 5.32 Å². The third-order valence-electron chi connectivity index (χ3n) is 4.43. The van der Waals surface area contributed by atoms with Gasteiger partial charge < -0.3 is 20.1 Å². The molecule has 3 unspecified atom stereocenters. The van der Waals surface area contributed by atoms with Gasteiger partial charge in [0.1, 0.15) is 0 Å². The maximum atomic E-state index is 12.3. The van der Waals surface area contributed by atoms with Crippen molar-refractivity contribution >= 4 is 12.0 Å². The summed E-state index contributed by atoms with van der Waals surface area (Å²) in [5, 5.41) is 11.7. The Kier molecular flexibility index (Phi) is 5.23. The molecule has 0 aromatic carbocycles. The second kappa shape index (κ2) is 6.92. The first kappa shape index (κ1) is 15.1. The average Bonchev–Trinajstić information content (AvgIpc) is 2.46. The van der Waals surface area contributed by atoms with Crippen molar-refractivity contribution in [1.82, 2.24) is 10.2 Å². The summed E-state index contributed by atoms with van der Waals surface area (Å²) < 4.78 is 4.85. The van der Waals surface area contributed by atoms with E-state index in [-0.39, 0.29) is 18.7 Å². The molecule has 1 heterocycles. The molecule has 1 saturated carbocycles. The molecule has 2 rings (SSSR count). The number of amides is 2. The molecule has 0 aromatic rings. The minimum absolute atomic E-state index is 0.0109. The maximum Gasteiger partial charge on any atom is 0.328 e. The molecule has 2 N–H and O–H groups in total. The molecular formula is C14H24N2O4. The molecule has 114 valence electrons. The van der Waals surface area contributed by atoms with E-state index >= 15 is 0 Å². The zero-order valence-electron chi connectivity index (χ0n) is 12.0. The highest BCUT2D eigenvalue weighted by molar-refractivity contribution is 5.82. The van der Waals surface area contributed by atoms with Gasteiger partial charge in [-0.25, -0.2) is 9.59 Å². The molecule has 0 radical (unpaired) electrons. The van der Waals surface area contributed by atoms with E-state index in [9.17, 15) is 9.59 Å². The van der Waals surface area contributed by atoms with Gasteiger partial charge in [0.2, 0.25) is 0 Å². The van der Waals surface area contributed by atoms with Crippen molar-refractivity contribution in [3.8, 4) is 0 Å². The lowest BCUT2D eigenvalue weighted by Gasteiger charge is -2.44. The molecule has 3 atom stereocenters. The van der Waals surface area contributed by atoms with Gasteiger partial charge in [-0.1, -0.05) is 12.8 Å². The number of fused-ring (bicyclic) bond motifs is 1. The zero-order valence-corrected chi connectivity index (χ0v) is 12.0. The number of carboxylic acids is 1. The van der Waals surface area contributed by atoms with Crippen molar-refractivity contribution in [1.29, 1.82) is 0 Å². The average molecular weight is 284 g/mol. The van der Waals surface area contributed by atoms with Crippen LogP contribution in [0.4, 0.5) is 4.79 Å². The SMILES string of the molecule is COCC(NC(=O)N1CCCC2CCCCC21)C(=O)O. The summed E-state index contributed by atoms with van der Waals surface area (Å²) in [6.45, 7) is 0.718. The molecular weight excluding hydrogens is 260 g/mol. The quantitative estimate of drug-likeness (QED) is 0.819.